The van der Waals surface area contributed by atoms with Crippen molar-refractivity contribution in [3.63, 3.8) is 0 Å². The van der Waals surface area contributed by atoms with Gasteiger partial charge in [-0.3, -0.25) is 4.40 Å². The second-order valence-corrected chi connectivity index (χ2v) is 8.13. The third-order valence-corrected chi connectivity index (χ3v) is 6.50. The molecule has 0 saturated carbocycles. The molecular weight excluding hydrogens is 367 g/mol. The van der Waals surface area contributed by atoms with Crippen molar-refractivity contribution in [2.24, 2.45) is 0 Å². The molecule has 0 N–H and O–H groups in total. The molecule has 0 radical (unpaired) electrons. The number of hydrogen-bond acceptors (Lipinski definition) is 4. The Kier molecular flexibility index (Phi) is 3.98. The highest BCUT2D eigenvalue weighted by Gasteiger charge is 2.39. The highest BCUT2D eigenvalue weighted by atomic mass is 35.5. The highest BCUT2D eigenvalue weighted by molar-refractivity contribution is 7.89. The SMILES string of the molecule is O=S(=O)(c1ccc(Cl)cc1F)N1CCC[C@H]1c1nnc2ccccn12. The van der Waals surface area contributed by atoms with Gasteiger partial charge in [-0.1, -0.05) is 17.7 Å². The summed E-state index contributed by atoms with van der Waals surface area (Å²) >= 11 is 5.73. The monoisotopic (exact) mass is 380 g/mol. The van der Waals surface area contributed by atoms with Crippen LogP contribution in [0, 0.1) is 5.82 Å². The predicted molar refractivity (Wildman–Crippen MR) is 90.3 cm³/mol. The zero-order valence-electron chi connectivity index (χ0n) is 13.0. The fourth-order valence-corrected chi connectivity index (χ4v) is 5.04. The predicted octanol–water partition coefficient (Wildman–Crippen LogP) is 3.05. The molecule has 3 aromatic rings. The average Bonchev–Trinajstić information content (AvgIpc) is 3.21. The lowest BCUT2D eigenvalue weighted by molar-refractivity contribution is 0.379. The lowest BCUT2D eigenvalue weighted by atomic mass is 10.2. The molecule has 130 valence electrons. The van der Waals surface area contributed by atoms with E-state index in [1.807, 2.05) is 12.1 Å². The van der Waals surface area contributed by atoms with Crippen LogP contribution in [0.1, 0.15) is 24.7 Å². The second-order valence-electron chi connectivity index (χ2n) is 5.84. The summed E-state index contributed by atoms with van der Waals surface area (Å²) in [7, 11) is -4.01. The van der Waals surface area contributed by atoms with Crippen LogP contribution in [0.2, 0.25) is 5.02 Å². The summed E-state index contributed by atoms with van der Waals surface area (Å²) in [6, 6.07) is 8.54. The van der Waals surface area contributed by atoms with E-state index in [9.17, 15) is 12.8 Å². The lowest BCUT2D eigenvalue weighted by Crippen LogP contribution is -2.32. The van der Waals surface area contributed by atoms with Crippen molar-refractivity contribution in [1.29, 1.82) is 0 Å². The molecule has 0 unspecified atom stereocenters. The Morgan fingerprint density at radius 3 is 2.84 bits per heavy atom. The Bertz CT molecular complexity index is 1050. The van der Waals surface area contributed by atoms with Crippen LogP contribution < -0.4 is 0 Å². The van der Waals surface area contributed by atoms with Gasteiger partial charge in [0, 0.05) is 17.8 Å². The minimum absolute atomic E-state index is 0.151. The van der Waals surface area contributed by atoms with Crippen LogP contribution in [0.15, 0.2) is 47.5 Å². The van der Waals surface area contributed by atoms with Crippen molar-refractivity contribution >= 4 is 27.3 Å². The van der Waals surface area contributed by atoms with Crippen molar-refractivity contribution in [1.82, 2.24) is 18.9 Å². The summed E-state index contributed by atoms with van der Waals surface area (Å²) in [4.78, 5) is -0.377. The van der Waals surface area contributed by atoms with Gasteiger partial charge in [-0.05, 0) is 43.2 Å². The van der Waals surface area contributed by atoms with Gasteiger partial charge < -0.3 is 0 Å². The van der Waals surface area contributed by atoms with Crippen LogP contribution in [-0.2, 0) is 10.0 Å². The van der Waals surface area contributed by atoms with Crippen LogP contribution in [0.3, 0.4) is 0 Å². The van der Waals surface area contributed by atoms with E-state index in [4.69, 9.17) is 11.6 Å². The highest BCUT2D eigenvalue weighted by Crippen LogP contribution is 2.36. The van der Waals surface area contributed by atoms with Crippen molar-refractivity contribution in [2.75, 3.05) is 6.54 Å². The van der Waals surface area contributed by atoms with Gasteiger partial charge >= 0.3 is 0 Å². The summed E-state index contributed by atoms with van der Waals surface area (Å²) in [5, 5.41) is 8.40. The quantitative estimate of drug-likeness (QED) is 0.700. The minimum Gasteiger partial charge on any atom is -0.285 e. The molecule has 0 aliphatic carbocycles. The molecule has 1 fully saturated rings. The number of sulfonamides is 1. The topological polar surface area (TPSA) is 67.6 Å². The molecular formula is C16H14ClFN4O2S. The number of aromatic nitrogens is 3. The molecule has 0 amide bonds. The van der Waals surface area contributed by atoms with Gasteiger partial charge in [-0.25, -0.2) is 12.8 Å². The van der Waals surface area contributed by atoms with E-state index in [0.29, 0.717) is 30.9 Å². The Hall–Kier alpha value is -2.03. The molecule has 0 spiro atoms. The summed E-state index contributed by atoms with van der Waals surface area (Å²) in [5.74, 6) is -0.324. The van der Waals surface area contributed by atoms with E-state index in [0.717, 1.165) is 6.07 Å². The first-order valence-corrected chi connectivity index (χ1v) is 9.57. The van der Waals surface area contributed by atoms with Gasteiger partial charge in [-0.2, -0.15) is 4.31 Å². The van der Waals surface area contributed by atoms with Crippen LogP contribution >= 0.6 is 11.6 Å². The Balaban J connectivity index is 1.79. The van der Waals surface area contributed by atoms with Gasteiger partial charge in [-0.15, -0.1) is 10.2 Å². The van der Waals surface area contributed by atoms with Crippen LogP contribution in [0.25, 0.3) is 5.65 Å². The van der Waals surface area contributed by atoms with Gasteiger partial charge in [0.25, 0.3) is 0 Å². The maximum absolute atomic E-state index is 14.2. The summed E-state index contributed by atoms with van der Waals surface area (Å²) in [6.45, 7) is 0.302. The summed E-state index contributed by atoms with van der Waals surface area (Å²) in [5.41, 5.74) is 0.638. The number of benzene rings is 1. The van der Waals surface area contributed by atoms with E-state index in [1.165, 1.54) is 16.4 Å². The Labute approximate surface area is 148 Å². The molecule has 3 heterocycles. The van der Waals surface area contributed by atoms with E-state index >= 15 is 0 Å². The molecule has 9 heteroatoms. The number of pyridine rings is 1. The molecule has 4 rings (SSSR count). The largest absolute Gasteiger partial charge is 0.285 e. The zero-order valence-corrected chi connectivity index (χ0v) is 14.6. The third-order valence-electron chi connectivity index (χ3n) is 4.32. The molecule has 2 aromatic heterocycles. The minimum atomic E-state index is -4.01. The van der Waals surface area contributed by atoms with Gasteiger partial charge in [0.1, 0.15) is 10.7 Å². The van der Waals surface area contributed by atoms with Crippen molar-refractivity contribution in [2.45, 2.75) is 23.8 Å². The Morgan fingerprint density at radius 1 is 1.20 bits per heavy atom. The number of fused-ring (bicyclic) bond motifs is 1. The summed E-state index contributed by atoms with van der Waals surface area (Å²) < 4.78 is 43.2. The van der Waals surface area contributed by atoms with Crippen LogP contribution in [0.4, 0.5) is 4.39 Å². The molecule has 1 aromatic carbocycles. The molecule has 1 aliphatic rings. The van der Waals surface area contributed by atoms with Crippen molar-refractivity contribution in [3.05, 3.63) is 59.3 Å². The van der Waals surface area contributed by atoms with E-state index in [1.54, 1.807) is 16.7 Å². The van der Waals surface area contributed by atoms with E-state index < -0.39 is 21.9 Å². The molecule has 1 aliphatic heterocycles. The fourth-order valence-electron chi connectivity index (χ4n) is 3.18. The van der Waals surface area contributed by atoms with Crippen LogP contribution in [-0.4, -0.2) is 33.9 Å². The molecule has 6 nitrogen and oxygen atoms in total. The normalized spacial score (nSPS) is 18.9. The maximum atomic E-state index is 14.2. The van der Waals surface area contributed by atoms with Crippen molar-refractivity contribution in [3.8, 4) is 0 Å². The van der Waals surface area contributed by atoms with Crippen LogP contribution in [0.5, 0.6) is 0 Å². The smallest absolute Gasteiger partial charge is 0.246 e. The molecule has 1 saturated heterocycles. The average molecular weight is 381 g/mol. The first-order valence-electron chi connectivity index (χ1n) is 7.75. The zero-order chi connectivity index (χ0) is 17.6. The lowest BCUT2D eigenvalue weighted by Gasteiger charge is -2.23. The first-order chi connectivity index (χ1) is 12.0. The molecule has 1 atom stereocenters. The maximum Gasteiger partial charge on any atom is 0.246 e. The van der Waals surface area contributed by atoms with Crippen molar-refractivity contribution < 1.29 is 12.8 Å². The fraction of sp³-hybridized carbons (Fsp3) is 0.250. The van der Waals surface area contributed by atoms with E-state index in [-0.39, 0.29) is 9.92 Å². The summed E-state index contributed by atoms with van der Waals surface area (Å²) in [6.07, 6.45) is 3.06. The third kappa shape index (κ3) is 2.70. The van der Waals surface area contributed by atoms with Gasteiger partial charge in [0.2, 0.25) is 10.0 Å². The molecule has 25 heavy (non-hydrogen) atoms. The molecule has 0 bridgehead atoms. The number of hydrogen-bond donors (Lipinski definition) is 0. The van der Waals surface area contributed by atoms with E-state index in [2.05, 4.69) is 10.2 Å². The number of nitrogens with zero attached hydrogens (tertiary/aromatic N) is 4. The number of rotatable bonds is 3. The number of halogens is 2. The van der Waals surface area contributed by atoms with Gasteiger partial charge in [0.05, 0.1) is 6.04 Å². The standard InChI is InChI=1S/C16H14ClFN4O2S/c17-11-6-7-14(12(18)10-11)25(23,24)22-9-3-4-13(22)16-20-19-15-5-1-2-8-21(15)16/h1-2,5-8,10,13H,3-4,9H2/t13-/m0/s1. The first kappa shape index (κ1) is 16.4. The second kappa shape index (κ2) is 6.05. The van der Waals surface area contributed by atoms with Gasteiger partial charge in [0.15, 0.2) is 11.5 Å². The Morgan fingerprint density at radius 2 is 2.04 bits per heavy atom.